The van der Waals surface area contributed by atoms with Crippen LogP contribution in [0.5, 0.6) is 0 Å². The van der Waals surface area contributed by atoms with E-state index in [1.165, 1.54) is 5.57 Å². The third-order valence-electron chi connectivity index (χ3n) is 2.99. The van der Waals surface area contributed by atoms with Crippen LogP contribution in [0.4, 0.5) is 0 Å². The van der Waals surface area contributed by atoms with E-state index in [4.69, 9.17) is 5.11 Å². The second-order valence-electron chi connectivity index (χ2n) is 5.73. The molecule has 3 N–H and O–H groups in total. The molecule has 0 amide bonds. The molecule has 0 radical (unpaired) electrons. The summed E-state index contributed by atoms with van der Waals surface area (Å²) in [4.78, 5) is 0. The molecule has 116 valence electrons. The van der Waals surface area contributed by atoms with Crippen molar-refractivity contribution in [3.05, 3.63) is 11.6 Å². The average molecular weight is 281 g/mol. The maximum Gasteiger partial charge on any atom is 0.105 e. The zero-order valence-electron chi connectivity index (χ0n) is 13.4. The van der Waals surface area contributed by atoms with Crippen LogP contribution in [-0.4, -0.2) is 29.1 Å². The average Bonchev–Trinajstić information content (AvgIpc) is 2.35. The molecule has 0 aliphatic rings. The summed E-state index contributed by atoms with van der Waals surface area (Å²) in [6.07, 6.45) is 5.48. The van der Waals surface area contributed by atoms with Crippen molar-refractivity contribution >= 4 is 0 Å². The third-order valence-corrected chi connectivity index (χ3v) is 2.99. The summed E-state index contributed by atoms with van der Waals surface area (Å²) in [7, 11) is 0. The van der Waals surface area contributed by atoms with Crippen LogP contribution in [-0.2, 0) is 0 Å². The number of nitrogens with one attached hydrogen (secondary N) is 1. The SMILES string of the molecule is CC(C)=CCC[C@H](C)C#CCCNC(O)CCC(C)O. The van der Waals surface area contributed by atoms with Gasteiger partial charge in [-0.2, -0.15) is 0 Å². The molecule has 3 nitrogen and oxygen atoms in total. The molecule has 0 spiro atoms. The fourth-order valence-electron chi connectivity index (χ4n) is 1.74. The Bertz CT molecular complexity index is 322. The van der Waals surface area contributed by atoms with E-state index in [-0.39, 0.29) is 6.10 Å². The molecule has 0 aromatic rings. The Morgan fingerprint density at radius 3 is 2.45 bits per heavy atom. The molecular weight excluding hydrogens is 250 g/mol. The van der Waals surface area contributed by atoms with Crippen LogP contribution >= 0.6 is 0 Å². The number of allylic oxidation sites excluding steroid dienone is 2. The Kier molecular flexibility index (Phi) is 11.5. The number of aliphatic hydroxyl groups excluding tert-OH is 2. The van der Waals surface area contributed by atoms with Crippen LogP contribution in [0.25, 0.3) is 0 Å². The van der Waals surface area contributed by atoms with Gasteiger partial charge in [-0.25, -0.2) is 0 Å². The van der Waals surface area contributed by atoms with Gasteiger partial charge in [0.25, 0.3) is 0 Å². The lowest BCUT2D eigenvalue weighted by Gasteiger charge is -2.12. The molecule has 0 aromatic carbocycles. The fraction of sp³-hybridized carbons (Fsp3) is 0.765. The molecule has 3 heteroatoms. The highest BCUT2D eigenvalue weighted by Crippen LogP contribution is 2.06. The van der Waals surface area contributed by atoms with Crippen LogP contribution in [0.3, 0.4) is 0 Å². The van der Waals surface area contributed by atoms with Gasteiger partial charge in [0.05, 0.1) is 6.10 Å². The van der Waals surface area contributed by atoms with Crippen LogP contribution in [0.15, 0.2) is 11.6 Å². The van der Waals surface area contributed by atoms with E-state index < -0.39 is 6.23 Å². The van der Waals surface area contributed by atoms with Gasteiger partial charge >= 0.3 is 0 Å². The molecule has 3 atom stereocenters. The van der Waals surface area contributed by atoms with E-state index in [0.717, 1.165) is 19.3 Å². The minimum Gasteiger partial charge on any atom is -0.393 e. The first-order valence-electron chi connectivity index (χ1n) is 7.63. The molecule has 0 aliphatic heterocycles. The van der Waals surface area contributed by atoms with E-state index >= 15 is 0 Å². The molecule has 0 aromatic heterocycles. The molecule has 20 heavy (non-hydrogen) atoms. The summed E-state index contributed by atoms with van der Waals surface area (Å²) in [6, 6.07) is 0. The summed E-state index contributed by atoms with van der Waals surface area (Å²) in [5.74, 6) is 6.81. The van der Waals surface area contributed by atoms with Crippen LogP contribution in [0.1, 0.15) is 59.8 Å². The number of aliphatic hydroxyl groups is 2. The Morgan fingerprint density at radius 2 is 1.85 bits per heavy atom. The Morgan fingerprint density at radius 1 is 1.15 bits per heavy atom. The first-order chi connectivity index (χ1) is 9.41. The molecule has 0 saturated heterocycles. The molecule has 0 bridgehead atoms. The van der Waals surface area contributed by atoms with Crippen LogP contribution in [0, 0.1) is 17.8 Å². The number of rotatable bonds is 9. The van der Waals surface area contributed by atoms with Gasteiger partial charge in [0.2, 0.25) is 0 Å². The van der Waals surface area contributed by atoms with Gasteiger partial charge in [-0.3, -0.25) is 5.32 Å². The van der Waals surface area contributed by atoms with Crippen molar-refractivity contribution in [2.24, 2.45) is 5.92 Å². The quantitative estimate of drug-likeness (QED) is 0.264. The minimum absolute atomic E-state index is 0.354. The zero-order valence-corrected chi connectivity index (χ0v) is 13.4. The molecule has 0 saturated carbocycles. The standard InChI is InChI=1S/C17H31NO2/c1-14(2)8-7-10-15(3)9-5-6-13-18-17(20)12-11-16(4)19/h8,15-20H,6-7,10-13H2,1-4H3/t15-,16?,17?/m1/s1. The van der Waals surface area contributed by atoms with Gasteiger partial charge in [0, 0.05) is 18.9 Å². The van der Waals surface area contributed by atoms with E-state index in [1.54, 1.807) is 6.92 Å². The van der Waals surface area contributed by atoms with E-state index in [0.29, 0.717) is 25.3 Å². The predicted molar refractivity (Wildman–Crippen MR) is 85.1 cm³/mol. The Hall–Kier alpha value is -0.820. The third kappa shape index (κ3) is 13.6. The molecule has 0 rings (SSSR count). The van der Waals surface area contributed by atoms with Gasteiger partial charge in [-0.15, -0.1) is 11.8 Å². The monoisotopic (exact) mass is 281 g/mol. The topological polar surface area (TPSA) is 52.5 Å². The van der Waals surface area contributed by atoms with Crippen molar-refractivity contribution in [3.8, 4) is 11.8 Å². The number of hydrogen-bond donors (Lipinski definition) is 3. The van der Waals surface area contributed by atoms with E-state index in [2.05, 4.69) is 44.0 Å². The predicted octanol–water partition coefficient (Wildman–Crippen LogP) is 2.83. The first kappa shape index (κ1) is 19.2. The highest BCUT2D eigenvalue weighted by molar-refractivity contribution is 5.03. The van der Waals surface area contributed by atoms with Gasteiger partial charge in [-0.05, 0) is 46.5 Å². The summed E-state index contributed by atoms with van der Waals surface area (Å²) in [5.41, 5.74) is 1.36. The van der Waals surface area contributed by atoms with Crippen molar-refractivity contribution in [2.75, 3.05) is 6.54 Å². The van der Waals surface area contributed by atoms with Crippen molar-refractivity contribution in [3.63, 3.8) is 0 Å². The smallest absolute Gasteiger partial charge is 0.105 e. The van der Waals surface area contributed by atoms with Crippen LogP contribution < -0.4 is 5.32 Å². The van der Waals surface area contributed by atoms with Gasteiger partial charge in [0.15, 0.2) is 0 Å². The first-order valence-corrected chi connectivity index (χ1v) is 7.63. The maximum absolute atomic E-state index is 9.60. The van der Waals surface area contributed by atoms with E-state index in [9.17, 15) is 5.11 Å². The summed E-state index contributed by atoms with van der Waals surface area (Å²) in [6.45, 7) is 8.80. The highest BCUT2D eigenvalue weighted by atomic mass is 16.3. The number of hydrogen-bond acceptors (Lipinski definition) is 3. The molecular formula is C17H31NO2. The Labute approximate surface area is 124 Å². The summed E-state index contributed by atoms with van der Waals surface area (Å²) in [5, 5.41) is 21.7. The second-order valence-corrected chi connectivity index (χ2v) is 5.73. The summed E-state index contributed by atoms with van der Waals surface area (Å²) < 4.78 is 0. The molecule has 0 heterocycles. The van der Waals surface area contributed by atoms with Crippen molar-refractivity contribution < 1.29 is 10.2 Å². The van der Waals surface area contributed by atoms with Crippen molar-refractivity contribution in [1.29, 1.82) is 0 Å². The van der Waals surface area contributed by atoms with Gasteiger partial charge in [-0.1, -0.05) is 18.6 Å². The van der Waals surface area contributed by atoms with Gasteiger partial charge < -0.3 is 10.2 Å². The molecule has 0 aliphatic carbocycles. The van der Waals surface area contributed by atoms with E-state index in [1.807, 2.05) is 0 Å². The van der Waals surface area contributed by atoms with Crippen LogP contribution in [0.2, 0.25) is 0 Å². The highest BCUT2D eigenvalue weighted by Gasteiger charge is 2.04. The van der Waals surface area contributed by atoms with Crippen molar-refractivity contribution in [1.82, 2.24) is 5.32 Å². The molecule has 0 fully saturated rings. The normalized spacial score (nSPS) is 14.9. The maximum atomic E-state index is 9.60. The zero-order chi connectivity index (χ0) is 15.4. The fourth-order valence-corrected chi connectivity index (χ4v) is 1.74. The minimum atomic E-state index is -0.540. The van der Waals surface area contributed by atoms with Gasteiger partial charge in [0.1, 0.15) is 6.23 Å². The lowest BCUT2D eigenvalue weighted by molar-refractivity contribution is 0.0995. The second kappa shape index (κ2) is 12.0. The lowest BCUT2D eigenvalue weighted by atomic mass is 10.1. The Balaban J connectivity index is 3.63. The van der Waals surface area contributed by atoms with Crippen molar-refractivity contribution in [2.45, 2.75) is 72.1 Å². The summed E-state index contributed by atoms with van der Waals surface area (Å²) >= 11 is 0. The largest absolute Gasteiger partial charge is 0.393 e. The lowest BCUT2D eigenvalue weighted by Crippen LogP contribution is -2.30. The molecule has 2 unspecified atom stereocenters.